The summed E-state index contributed by atoms with van der Waals surface area (Å²) in [6.45, 7) is 7.13. The van der Waals surface area contributed by atoms with Crippen LogP contribution < -0.4 is 5.44 Å². The molecule has 19 heavy (non-hydrogen) atoms. The molecule has 0 N–H and O–H groups in total. The summed E-state index contributed by atoms with van der Waals surface area (Å²) in [4.78, 5) is 4.69. The van der Waals surface area contributed by atoms with Gasteiger partial charge in [-0.3, -0.25) is 4.98 Å². The number of hydrogen-bond acceptors (Lipinski definition) is 1. The van der Waals surface area contributed by atoms with Crippen LogP contribution in [0.5, 0.6) is 0 Å². The smallest absolute Gasteiger partial charge is 0.0645 e. The fraction of sp³-hybridized carbons (Fsp3) is 0.471. The van der Waals surface area contributed by atoms with E-state index in [1.54, 1.807) is 11.1 Å². The summed E-state index contributed by atoms with van der Waals surface area (Å²) in [6, 6.07) is 6.39. The van der Waals surface area contributed by atoms with E-state index in [2.05, 4.69) is 45.1 Å². The standard InChI is InChI=1S/C17H22NP/c1-17(2,3)19(15-9-4-5-12-18-15)16-13-7-6-8-14(16)11-10-13/h4-5,9-12,16H,6-8H2,1-3H3/t19-/m1/s1. The fourth-order valence-corrected chi connectivity index (χ4v) is 6.52. The molecule has 0 amide bonds. The van der Waals surface area contributed by atoms with Crippen LogP contribution in [0.25, 0.3) is 0 Å². The third-order valence-corrected chi connectivity index (χ3v) is 7.41. The second-order valence-electron chi connectivity index (χ2n) is 6.47. The Labute approximate surface area is 117 Å². The largest absolute Gasteiger partial charge is 0.256 e. The molecule has 2 bridgehead atoms. The Hall–Kier alpha value is -0.940. The maximum Gasteiger partial charge on any atom is 0.0645 e. The van der Waals surface area contributed by atoms with Crippen LogP contribution in [0.3, 0.4) is 0 Å². The van der Waals surface area contributed by atoms with Crippen LogP contribution in [-0.4, -0.2) is 15.8 Å². The van der Waals surface area contributed by atoms with E-state index in [0.717, 1.165) is 0 Å². The van der Waals surface area contributed by atoms with E-state index in [1.165, 1.54) is 24.7 Å². The summed E-state index contributed by atoms with van der Waals surface area (Å²) >= 11 is 0. The van der Waals surface area contributed by atoms with Crippen molar-refractivity contribution in [1.29, 1.82) is 0 Å². The Balaban J connectivity index is 2.03. The highest BCUT2D eigenvalue weighted by Crippen LogP contribution is 2.60. The number of allylic oxidation sites excluding steroid dienone is 4. The lowest BCUT2D eigenvalue weighted by Crippen LogP contribution is -2.31. The molecule has 2 aliphatic carbocycles. The molecule has 1 nitrogen and oxygen atoms in total. The van der Waals surface area contributed by atoms with Gasteiger partial charge < -0.3 is 0 Å². The van der Waals surface area contributed by atoms with Gasteiger partial charge in [0.2, 0.25) is 0 Å². The average Bonchev–Trinajstić information content (AvgIpc) is 2.61. The zero-order valence-corrected chi connectivity index (χ0v) is 13.0. The zero-order chi connectivity index (χ0) is 13.5. The Morgan fingerprint density at radius 3 is 2.32 bits per heavy atom. The first-order chi connectivity index (χ1) is 9.07. The molecule has 1 aromatic heterocycles. The van der Waals surface area contributed by atoms with E-state index in [1.807, 2.05) is 12.3 Å². The lowest BCUT2D eigenvalue weighted by Gasteiger charge is -2.40. The molecule has 1 heterocycles. The van der Waals surface area contributed by atoms with Crippen molar-refractivity contribution in [3.63, 3.8) is 0 Å². The minimum absolute atomic E-state index is 0.279. The first-order valence-electron chi connectivity index (χ1n) is 7.17. The molecule has 1 aromatic rings. The van der Waals surface area contributed by atoms with Crippen molar-refractivity contribution < 1.29 is 0 Å². The van der Waals surface area contributed by atoms with E-state index in [-0.39, 0.29) is 7.92 Å². The lowest BCUT2D eigenvalue weighted by atomic mass is 9.95. The molecule has 0 aromatic carbocycles. The molecule has 0 unspecified atom stereocenters. The molecule has 1 saturated carbocycles. The van der Waals surface area contributed by atoms with Gasteiger partial charge >= 0.3 is 0 Å². The van der Waals surface area contributed by atoms with Crippen LogP contribution in [0, 0.1) is 0 Å². The molecule has 0 aliphatic heterocycles. The van der Waals surface area contributed by atoms with Gasteiger partial charge in [-0.2, -0.15) is 0 Å². The predicted octanol–water partition coefficient (Wildman–Crippen LogP) is 4.41. The highest BCUT2D eigenvalue weighted by Gasteiger charge is 2.40. The van der Waals surface area contributed by atoms with Crippen LogP contribution in [0.2, 0.25) is 0 Å². The maximum absolute atomic E-state index is 4.69. The summed E-state index contributed by atoms with van der Waals surface area (Å²) in [5.74, 6) is 0. The van der Waals surface area contributed by atoms with Crippen molar-refractivity contribution in [2.24, 2.45) is 0 Å². The Bertz CT molecular complexity index is 502. The highest BCUT2D eigenvalue weighted by atomic mass is 31.1. The molecule has 0 saturated heterocycles. The number of pyridine rings is 1. The number of hydrogen-bond donors (Lipinski definition) is 0. The van der Waals surface area contributed by atoms with E-state index in [9.17, 15) is 0 Å². The second kappa shape index (κ2) is 4.87. The molecular formula is C17H22NP. The van der Waals surface area contributed by atoms with Crippen molar-refractivity contribution >= 4 is 13.4 Å². The SMILES string of the molecule is CC(C)(C)[P@](c1ccccn1)C1C2=CC=C1CCC2. The van der Waals surface area contributed by atoms with Crippen LogP contribution in [0.1, 0.15) is 40.0 Å². The molecule has 2 heteroatoms. The monoisotopic (exact) mass is 271 g/mol. The minimum atomic E-state index is -0.279. The molecular weight excluding hydrogens is 249 g/mol. The van der Waals surface area contributed by atoms with Crippen molar-refractivity contribution in [2.45, 2.75) is 50.8 Å². The van der Waals surface area contributed by atoms with Gasteiger partial charge in [-0.05, 0) is 44.5 Å². The quantitative estimate of drug-likeness (QED) is 0.726. The summed E-state index contributed by atoms with van der Waals surface area (Å²) in [5, 5.41) is 0.300. The van der Waals surface area contributed by atoms with Gasteiger partial charge in [0.15, 0.2) is 0 Å². The van der Waals surface area contributed by atoms with E-state index in [0.29, 0.717) is 10.8 Å². The second-order valence-corrected chi connectivity index (χ2v) is 9.52. The Morgan fingerprint density at radius 1 is 1.11 bits per heavy atom. The normalized spacial score (nSPS) is 21.0. The maximum atomic E-state index is 4.69. The van der Waals surface area contributed by atoms with Crippen molar-refractivity contribution in [3.8, 4) is 0 Å². The fourth-order valence-electron chi connectivity index (χ4n) is 3.26. The summed E-state index contributed by atoms with van der Waals surface area (Å²) in [7, 11) is -0.279. The Morgan fingerprint density at radius 2 is 1.79 bits per heavy atom. The first-order valence-corrected chi connectivity index (χ1v) is 8.58. The van der Waals surface area contributed by atoms with Gasteiger partial charge in [0, 0.05) is 11.9 Å². The molecule has 0 radical (unpaired) electrons. The molecule has 1 fully saturated rings. The first kappa shape index (κ1) is 13.1. The highest BCUT2D eigenvalue weighted by molar-refractivity contribution is 7.68. The van der Waals surface area contributed by atoms with Crippen molar-refractivity contribution in [1.82, 2.24) is 4.98 Å². The number of nitrogens with zero attached hydrogens (tertiary/aromatic N) is 1. The number of rotatable bonds is 2. The predicted molar refractivity (Wildman–Crippen MR) is 84.3 cm³/mol. The van der Waals surface area contributed by atoms with Gasteiger partial charge in [-0.25, -0.2) is 0 Å². The molecule has 100 valence electrons. The molecule has 1 atom stereocenters. The topological polar surface area (TPSA) is 12.9 Å². The van der Waals surface area contributed by atoms with Gasteiger partial charge in [-0.15, -0.1) is 0 Å². The Kier molecular flexibility index (Phi) is 3.35. The van der Waals surface area contributed by atoms with E-state index < -0.39 is 0 Å². The lowest BCUT2D eigenvalue weighted by molar-refractivity contribution is 0.712. The minimum Gasteiger partial charge on any atom is -0.256 e. The van der Waals surface area contributed by atoms with Crippen molar-refractivity contribution in [2.75, 3.05) is 0 Å². The van der Waals surface area contributed by atoms with E-state index in [4.69, 9.17) is 4.98 Å². The number of aromatic nitrogens is 1. The summed E-state index contributed by atoms with van der Waals surface area (Å²) in [5.41, 5.74) is 5.30. The van der Waals surface area contributed by atoms with Crippen LogP contribution in [-0.2, 0) is 0 Å². The summed E-state index contributed by atoms with van der Waals surface area (Å²) in [6.07, 6.45) is 10.6. The van der Waals surface area contributed by atoms with Gasteiger partial charge in [0.05, 0.1) is 5.44 Å². The number of fused-ring (bicyclic) bond motifs is 2. The van der Waals surface area contributed by atoms with Crippen LogP contribution in [0.15, 0.2) is 47.7 Å². The third-order valence-electron chi connectivity index (χ3n) is 4.02. The summed E-state index contributed by atoms with van der Waals surface area (Å²) < 4.78 is 0. The van der Waals surface area contributed by atoms with E-state index >= 15 is 0 Å². The zero-order valence-electron chi connectivity index (χ0n) is 12.1. The third kappa shape index (κ3) is 2.41. The van der Waals surface area contributed by atoms with Gasteiger partial charge in [0.1, 0.15) is 0 Å². The van der Waals surface area contributed by atoms with Gasteiger partial charge in [-0.1, -0.05) is 50.1 Å². The molecule has 2 aliphatic rings. The average molecular weight is 271 g/mol. The van der Waals surface area contributed by atoms with Crippen LogP contribution in [0.4, 0.5) is 0 Å². The van der Waals surface area contributed by atoms with Crippen molar-refractivity contribution in [3.05, 3.63) is 47.7 Å². The molecule has 0 spiro atoms. The molecule has 3 rings (SSSR count). The van der Waals surface area contributed by atoms with Gasteiger partial charge in [0.25, 0.3) is 0 Å². The van der Waals surface area contributed by atoms with Crippen LogP contribution >= 0.6 is 7.92 Å².